The Morgan fingerprint density at radius 2 is 1.83 bits per heavy atom. The number of H-pyrrole nitrogens is 1. The van der Waals surface area contributed by atoms with E-state index in [0.717, 1.165) is 27.6 Å². The molecule has 0 saturated heterocycles. The number of aromatic nitrogens is 1. The monoisotopic (exact) mass is 404 g/mol. The van der Waals surface area contributed by atoms with Gasteiger partial charge in [-0.2, -0.15) is 0 Å². The highest BCUT2D eigenvalue weighted by Gasteiger charge is 2.23. The number of aromatic amines is 1. The van der Waals surface area contributed by atoms with Gasteiger partial charge in [0, 0.05) is 28.0 Å². The summed E-state index contributed by atoms with van der Waals surface area (Å²) in [7, 11) is 0. The minimum absolute atomic E-state index is 0.179. The van der Waals surface area contributed by atoms with Crippen molar-refractivity contribution in [3.8, 4) is 11.1 Å². The summed E-state index contributed by atoms with van der Waals surface area (Å²) >= 11 is 1.33. The summed E-state index contributed by atoms with van der Waals surface area (Å²) in [5, 5.41) is 6.31. The maximum absolute atomic E-state index is 12.7. The zero-order valence-electron chi connectivity index (χ0n) is 15.9. The zero-order valence-corrected chi connectivity index (χ0v) is 16.7. The van der Waals surface area contributed by atoms with Crippen molar-refractivity contribution in [3.63, 3.8) is 0 Å². The van der Waals surface area contributed by atoms with Gasteiger partial charge < -0.3 is 15.0 Å². The second-order valence-corrected chi connectivity index (χ2v) is 7.40. The van der Waals surface area contributed by atoms with Crippen LogP contribution >= 0.6 is 11.3 Å². The third-order valence-electron chi connectivity index (χ3n) is 4.63. The number of nitrogens with one attached hydrogen (secondary N) is 2. The third-order valence-corrected chi connectivity index (χ3v) is 5.53. The maximum atomic E-state index is 12.7. The van der Waals surface area contributed by atoms with Crippen molar-refractivity contribution < 1.29 is 14.3 Å². The van der Waals surface area contributed by atoms with Crippen molar-refractivity contribution >= 4 is 39.1 Å². The highest BCUT2D eigenvalue weighted by atomic mass is 32.1. The number of rotatable bonds is 6. The van der Waals surface area contributed by atoms with E-state index >= 15 is 0 Å². The predicted molar refractivity (Wildman–Crippen MR) is 116 cm³/mol. The Morgan fingerprint density at radius 3 is 2.62 bits per heavy atom. The molecule has 2 aromatic heterocycles. The number of anilines is 1. The Bertz CT molecular complexity index is 1160. The molecular weight excluding hydrogens is 384 g/mol. The van der Waals surface area contributed by atoms with E-state index in [1.807, 2.05) is 66.2 Å². The number of esters is 1. The fourth-order valence-electron chi connectivity index (χ4n) is 3.31. The molecule has 0 spiro atoms. The van der Waals surface area contributed by atoms with Gasteiger partial charge in [0.25, 0.3) is 0 Å². The lowest BCUT2D eigenvalue weighted by Crippen LogP contribution is -2.16. The number of amides is 1. The van der Waals surface area contributed by atoms with Gasteiger partial charge in [0.2, 0.25) is 5.91 Å². The van der Waals surface area contributed by atoms with Gasteiger partial charge in [-0.15, -0.1) is 11.3 Å². The van der Waals surface area contributed by atoms with Crippen molar-refractivity contribution in [2.24, 2.45) is 0 Å². The molecule has 2 aromatic carbocycles. The lowest BCUT2D eigenvalue weighted by molar-refractivity contribution is -0.115. The highest BCUT2D eigenvalue weighted by molar-refractivity contribution is 7.15. The number of carbonyl (C=O) groups is 2. The molecular formula is C23H20N2O3S. The van der Waals surface area contributed by atoms with Crippen LogP contribution in [0.1, 0.15) is 22.8 Å². The Hall–Kier alpha value is -3.38. The van der Waals surface area contributed by atoms with Crippen LogP contribution in [0.25, 0.3) is 22.0 Å². The fourth-order valence-corrected chi connectivity index (χ4v) is 4.28. The summed E-state index contributed by atoms with van der Waals surface area (Å²) in [6.07, 6.45) is 2.06. The van der Waals surface area contributed by atoms with Crippen LogP contribution < -0.4 is 5.32 Å². The zero-order chi connectivity index (χ0) is 20.2. The van der Waals surface area contributed by atoms with E-state index in [4.69, 9.17) is 4.74 Å². The summed E-state index contributed by atoms with van der Waals surface area (Å²) < 4.78 is 5.25. The van der Waals surface area contributed by atoms with Crippen LogP contribution in [-0.2, 0) is 16.0 Å². The average Bonchev–Trinajstić information content (AvgIpc) is 3.33. The summed E-state index contributed by atoms with van der Waals surface area (Å²) in [5.41, 5.74) is 3.97. The Labute approximate surface area is 172 Å². The lowest BCUT2D eigenvalue weighted by atomic mass is 10.0. The van der Waals surface area contributed by atoms with E-state index in [2.05, 4.69) is 10.3 Å². The maximum Gasteiger partial charge on any atom is 0.341 e. The Kier molecular flexibility index (Phi) is 5.44. The average molecular weight is 404 g/mol. The van der Waals surface area contributed by atoms with Gasteiger partial charge in [-0.1, -0.05) is 48.5 Å². The largest absolute Gasteiger partial charge is 0.462 e. The SMILES string of the molecule is CCOC(=O)c1c(-c2ccccc2)csc1NC(=O)Cc1c[nH]c2ccccc12. The van der Waals surface area contributed by atoms with Crippen molar-refractivity contribution in [1.82, 2.24) is 4.98 Å². The molecule has 4 rings (SSSR count). The highest BCUT2D eigenvalue weighted by Crippen LogP contribution is 2.36. The molecule has 2 heterocycles. The summed E-state index contributed by atoms with van der Waals surface area (Å²) in [4.78, 5) is 28.5. The van der Waals surface area contributed by atoms with Gasteiger partial charge >= 0.3 is 5.97 Å². The molecule has 0 aliphatic carbocycles. The Morgan fingerprint density at radius 1 is 1.07 bits per heavy atom. The van der Waals surface area contributed by atoms with E-state index in [0.29, 0.717) is 10.6 Å². The predicted octanol–water partition coefficient (Wildman–Crippen LogP) is 5.25. The molecule has 0 radical (unpaired) electrons. The molecule has 0 aliphatic rings. The first-order chi connectivity index (χ1) is 14.2. The van der Waals surface area contributed by atoms with E-state index in [-0.39, 0.29) is 18.9 Å². The molecule has 2 N–H and O–H groups in total. The molecule has 0 atom stereocenters. The van der Waals surface area contributed by atoms with Crippen LogP contribution in [0.4, 0.5) is 5.00 Å². The molecule has 6 heteroatoms. The summed E-state index contributed by atoms with van der Waals surface area (Å²) in [6, 6.07) is 17.5. The third kappa shape index (κ3) is 3.93. The van der Waals surface area contributed by atoms with E-state index in [1.165, 1.54) is 11.3 Å². The molecule has 0 saturated carbocycles. The molecule has 146 valence electrons. The van der Waals surface area contributed by atoms with Gasteiger partial charge in [0.1, 0.15) is 10.6 Å². The second-order valence-electron chi connectivity index (χ2n) is 6.52. The molecule has 1 amide bonds. The second kappa shape index (κ2) is 8.32. The molecule has 0 bridgehead atoms. The number of hydrogen-bond acceptors (Lipinski definition) is 4. The van der Waals surface area contributed by atoms with Crippen LogP contribution in [0, 0.1) is 0 Å². The van der Waals surface area contributed by atoms with Gasteiger partial charge in [-0.3, -0.25) is 4.79 Å². The standard InChI is InChI=1S/C23H20N2O3S/c1-2-28-23(27)21-18(15-8-4-3-5-9-15)14-29-22(21)25-20(26)12-16-13-24-19-11-7-6-10-17(16)19/h3-11,13-14,24H,2,12H2,1H3,(H,25,26). The van der Waals surface area contributed by atoms with Crippen LogP contribution in [0.15, 0.2) is 66.2 Å². The van der Waals surface area contributed by atoms with Gasteiger partial charge in [-0.05, 0) is 24.1 Å². The van der Waals surface area contributed by atoms with Crippen LogP contribution in [0.5, 0.6) is 0 Å². The molecule has 0 unspecified atom stereocenters. The normalized spacial score (nSPS) is 10.8. The number of para-hydroxylation sites is 1. The van der Waals surface area contributed by atoms with Crippen molar-refractivity contribution in [1.29, 1.82) is 0 Å². The first-order valence-corrected chi connectivity index (χ1v) is 10.2. The number of fused-ring (bicyclic) bond motifs is 1. The molecule has 5 nitrogen and oxygen atoms in total. The first-order valence-electron chi connectivity index (χ1n) is 9.36. The van der Waals surface area contributed by atoms with Crippen LogP contribution in [-0.4, -0.2) is 23.5 Å². The Balaban J connectivity index is 1.61. The number of thiophene rings is 1. The van der Waals surface area contributed by atoms with Gasteiger partial charge in [-0.25, -0.2) is 4.79 Å². The smallest absolute Gasteiger partial charge is 0.341 e. The van der Waals surface area contributed by atoms with Crippen molar-refractivity contribution in [2.75, 3.05) is 11.9 Å². The number of hydrogen-bond donors (Lipinski definition) is 2. The number of ether oxygens (including phenoxy) is 1. The lowest BCUT2D eigenvalue weighted by Gasteiger charge is -2.09. The quantitative estimate of drug-likeness (QED) is 0.431. The van der Waals surface area contributed by atoms with Crippen molar-refractivity contribution in [2.45, 2.75) is 13.3 Å². The molecule has 4 aromatic rings. The van der Waals surface area contributed by atoms with Gasteiger partial charge in [0.05, 0.1) is 13.0 Å². The van der Waals surface area contributed by atoms with E-state index in [9.17, 15) is 9.59 Å². The molecule has 29 heavy (non-hydrogen) atoms. The van der Waals surface area contributed by atoms with Crippen molar-refractivity contribution in [3.05, 3.63) is 77.3 Å². The minimum atomic E-state index is -0.435. The van der Waals surface area contributed by atoms with Crippen LogP contribution in [0.2, 0.25) is 0 Å². The van der Waals surface area contributed by atoms with Crippen LogP contribution in [0.3, 0.4) is 0 Å². The first kappa shape index (κ1) is 19.0. The number of benzene rings is 2. The number of carbonyl (C=O) groups excluding carboxylic acids is 2. The topological polar surface area (TPSA) is 71.2 Å². The van der Waals surface area contributed by atoms with Gasteiger partial charge in [0.15, 0.2) is 0 Å². The summed E-state index contributed by atoms with van der Waals surface area (Å²) in [6.45, 7) is 2.04. The molecule has 0 fully saturated rings. The van der Waals surface area contributed by atoms with E-state index < -0.39 is 5.97 Å². The fraction of sp³-hybridized carbons (Fsp3) is 0.130. The summed E-state index contributed by atoms with van der Waals surface area (Å²) in [5.74, 6) is -0.614. The molecule has 0 aliphatic heterocycles. The minimum Gasteiger partial charge on any atom is -0.462 e. The van der Waals surface area contributed by atoms with E-state index in [1.54, 1.807) is 6.92 Å².